The van der Waals surface area contributed by atoms with Gasteiger partial charge in [-0.3, -0.25) is 0 Å². The number of fused-ring (bicyclic) bond motifs is 3. The minimum atomic E-state index is 0.719. The van der Waals surface area contributed by atoms with E-state index in [0.29, 0.717) is 0 Å². The fourth-order valence-corrected chi connectivity index (χ4v) is 4.43. The first kappa shape index (κ1) is 10.1. The van der Waals surface area contributed by atoms with Gasteiger partial charge in [-0.1, -0.05) is 30.7 Å². The molecule has 1 nitrogen and oxygen atoms in total. The van der Waals surface area contributed by atoms with Crippen LogP contribution in [-0.2, 0) is 12.8 Å². The molecule has 2 fully saturated rings. The Balaban J connectivity index is 1.43. The number of rotatable bonds is 2. The van der Waals surface area contributed by atoms with Crippen LogP contribution >= 0.6 is 0 Å². The second-order valence-corrected chi connectivity index (χ2v) is 6.32. The van der Waals surface area contributed by atoms with Gasteiger partial charge in [0.1, 0.15) is 0 Å². The minimum absolute atomic E-state index is 0.719. The second kappa shape index (κ2) is 3.84. The molecule has 0 radical (unpaired) electrons. The van der Waals surface area contributed by atoms with Crippen molar-refractivity contribution in [3.8, 4) is 0 Å². The Hall–Kier alpha value is -0.820. The molecule has 0 aliphatic heterocycles. The van der Waals surface area contributed by atoms with E-state index in [1.165, 1.54) is 38.5 Å². The van der Waals surface area contributed by atoms with E-state index in [-0.39, 0.29) is 0 Å². The van der Waals surface area contributed by atoms with Crippen molar-refractivity contribution in [3.63, 3.8) is 0 Å². The summed E-state index contributed by atoms with van der Waals surface area (Å²) in [5, 5.41) is 3.96. The Bertz CT molecular complexity index is 400. The van der Waals surface area contributed by atoms with Crippen LogP contribution in [-0.4, -0.2) is 12.1 Å². The fraction of sp³-hybridized carbons (Fsp3) is 0.625. The van der Waals surface area contributed by atoms with Crippen molar-refractivity contribution in [2.75, 3.05) is 0 Å². The molecule has 3 aliphatic rings. The lowest BCUT2D eigenvalue weighted by molar-refractivity contribution is 0.320. The second-order valence-electron chi connectivity index (χ2n) is 6.32. The topological polar surface area (TPSA) is 12.0 Å². The van der Waals surface area contributed by atoms with Gasteiger partial charge >= 0.3 is 0 Å². The van der Waals surface area contributed by atoms with E-state index in [2.05, 4.69) is 29.6 Å². The number of benzene rings is 1. The third-order valence-corrected chi connectivity index (χ3v) is 5.24. The van der Waals surface area contributed by atoms with Crippen molar-refractivity contribution >= 4 is 0 Å². The molecule has 17 heavy (non-hydrogen) atoms. The molecule has 3 aliphatic carbocycles. The molecule has 90 valence electrons. The maximum atomic E-state index is 3.96. The molecule has 4 rings (SSSR count). The summed E-state index contributed by atoms with van der Waals surface area (Å²) < 4.78 is 0. The van der Waals surface area contributed by atoms with Crippen molar-refractivity contribution in [1.29, 1.82) is 0 Å². The van der Waals surface area contributed by atoms with Crippen molar-refractivity contribution < 1.29 is 0 Å². The highest BCUT2D eigenvalue weighted by molar-refractivity contribution is 5.33. The highest BCUT2D eigenvalue weighted by Gasteiger charge is 2.40. The van der Waals surface area contributed by atoms with Gasteiger partial charge in [0.05, 0.1) is 0 Å². The van der Waals surface area contributed by atoms with E-state index in [1.54, 1.807) is 11.1 Å². The van der Waals surface area contributed by atoms with E-state index >= 15 is 0 Å². The van der Waals surface area contributed by atoms with Crippen molar-refractivity contribution in [2.24, 2.45) is 11.8 Å². The summed E-state index contributed by atoms with van der Waals surface area (Å²) in [6.07, 6.45) is 8.47. The largest absolute Gasteiger partial charge is 0.310 e. The molecular formula is C16H21N. The molecule has 1 heteroatoms. The van der Waals surface area contributed by atoms with Crippen LogP contribution in [0.25, 0.3) is 0 Å². The Kier molecular flexibility index (Phi) is 2.29. The van der Waals surface area contributed by atoms with Gasteiger partial charge in [-0.05, 0) is 55.1 Å². The van der Waals surface area contributed by atoms with Crippen LogP contribution in [0.1, 0.15) is 36.8 Å². The summed E-state index contributed by atoms with van der Waals surface area (Å²) >= 11 is 0. The highest BCUT2D eigenvalue weighted by atomic mass is 15.0. The van der Waals surface area contributed by atoms with Gasteiger partial charge in [-0.15, -0.1) is 0 Å². The van der Waals surface area contributed by atoms with Gasteiger partial charge in [0.15, 0.2) is 0 Å². The van der Waals surface area contributed by atoms with E-state index in [9.17, 15) is 0 Å². The quantitative estimate of drug-likeness (QED) is 0.819. The number of nitrogens with one attached hydrogen (secondary N) is 1. The maximum Gasteiger partial charge on any atom is 0.0151 e. The Morgan fingerprint density at radius 1 is 0.941 bits per heavy atom. The van der Waals surface area contributed by atoms with Crippen LogP contribution in [0.15, 0.2) is 24.3 Å². The molecule has 1 N–H and O–H groups in total. The average molecular weight is 227 g/mol. The zero-order chi connectivity index (χ0) is 11.2. The monoisotopic (exact) mass is 227 g/mol. The molecule has 0 aromatic heterocycles. The van der Waals surface area contributed by atoms with Crippen molar-refractivity contribution in [2.45, 2.75) is 50.6 Å². The van der Waals surface area contributed by atoms with Crippen molar-refractivity contribution in [3.05, 3.63) is 35.4 Å². The molecule has 1 aromatic rings. The van der Waals surface area contributed by atoms with Gasteiger partial charge in [-0.25, -0.2) is 0 Å². The van der Waals surface area contributed by atoms with Gasteiger partial charge in [0.2, 0.25) is 0 Å². The molecule has 0 amide bonds. The van der Waals surface area contributed by atoms with Crippen LogP contribution in [0.2, 0.25) is 0 Å². The molecule has 2 saturated carbocycles. The minimum Gasteiger partial charge on any atom is -0.310 e. The Morgan fingerprint density at radius 3 is 2.29 bits per heavy atom. The smallest absolute Gasteiger partial charge is 0.0151 e. The summed E-state index contributed by atoms with van der Waals surface area (Å²) in [5.41, 5.74) is 3.15. The predicted molar refractivity (Wildman–Crippen MR) is 70.0 cm³/mol. The summed E-state index contributed by atoms with van der Waals surface area (Å²) in [5.74, 6) is 2.06. The number of hydrogen-bond acceptors (Lipinski definition) is 1. The molecule has 0 spiro atoms. The van der Waals surface area contributed by atoms with Crippen LogP contribution < -0.4 is 5.32 Å². The summed E-state index contributed by atoms with van der Waals surface area (Å²) in [4.78, 5) is 0. The van der Waals surface area contributed by atoms with Gasteiger partial charge in [0, 0.05) is 12.1 Å². The number of hydrogen-bond donors (Lipinski definition) is 1. The lowest BCUT2D eigenvalue weighted by atomic mass is 9.94. The SMILES string of the molecule is c1ccc2c(c1)CC(NC1CC3CCC1C3)C2. The summed E-state index contributed by atoms with van der Waals surface area (Å²) in [7, 11) is 0. The first-order chi connectivity index (χ1) is 8.38. The molecular weight excluding hydrogens is 206 g/mol. The molecule has 3 unspecified atom stereocenters. The average Bonchev–Trinajstić information content (AvgIpc) is 3.01. The lowest BCUT2D eigenvalue weighted by Gasteiger charge is -2.26. The zero-order valence-corrected chi connectivity index (χ0v) is 10.4. The molecule has 3 atom stereocenters. The third-order valence-electron chi connectivity index (χ3n) is 5.24. The van der Waals surface area contributed by atoms with E-state index < -0.39 is 0 Å². The first-order valence-electron chi connectivity index (χ1n) is 7.21. The van der Waals surface area contributed by atoms with E-state index in [0.717, 1.165) is 23.9 Å². The normalized spacial score (nSPS) is 35.4. The maximum absolute atomic E-state index is 3.96. The lowest BCUT2D eigenvalue weighted by Crippen LogP contribution is -2.41. The highest BCUT2D eigenvalue weighted by Crippen LogP contribution is 2.44. The van der Waals surface area contributed by atoms with Gasteiger partial charge < -0.3 is 5.32 Å². The van der Waals surface area contributed by atoms with Gasteiger partial charge in [0.25, 0.3) is 0 Å². The molecule has 2 bridgehead atoms. The fourth-order valence-electron chi connectivity index (χ4n) is 4.43. The van der Waals surface area contributed by atoms with E-state index in [4.69, 9.17) is 0 Å². The Labute approximate surface area is 104 Å². The third kappa shape index (κ3) is 1.72. The van der Waals surface area contributed by atoms with Crippen LogP contribution in [0.5, 0.6) is 0 Å². The van der Waals surface area contributed by atoms with Crippen molar-refractivity contribution in [1.82, 2.24) is 5.32 Å². The van der Waals surface area contributed by atoms with Crippen LogP contribution in [0.4, 0.5) is 0 Å². The summed E-state index contributed by atoms with van der Waals surface area (Å²) in [6.45, 7) is 0. The van der Waals surface area contributed by atoms with Gasteiger partial charge in [-0.2, -0.15) is 0 Å². The summed E-state index contributed by atoms with van der Waals surface area (Å²) in [6, 6.07) is 10.5. The zero-order valence-electron chi connectivity index (χ0n) is 10.4. The Morgan fingerprint density at radius 2 is 1.71 bits per heavy atom. The van der Waals surface area contributed by atoms with Crippen LogP contribution in [0, 0.1) is 11.8 Å². The molecule has 0 heterocycles. The first-order valence-corrected chi connectivity index (χ1v) is 7.21. The predicted octanol–water partition coefficient (Wildman–Crippen LogP) is 2.93. The van der Waals surface area contributed by atoms with Crippen LogP contribution in [0.3, 0.4) is 0 Å². The van der Waals surface area contributed by atoms with E-state index in [1.807, 2.05) is 0 Å². The molecule has 1 aromatic carbocycles. The molecule has 0 saturated heterocycles. The standard InChI is InChI=1S/C16H21N/c1-2-4-13-10-15(9-12(13)3-1)17-16-8-11-5-6-14(16)7-11/h1-4,11,14-17H,5-10H2.